The van der Waals surface area contributed by atoms with Crippen LogP contribution in [-0.2, 0) is 24.2 Å². The fraction of sp³-hybridized carbons (Fsp3) is 0.227. The molecule has 29 heavy (non-hydrogen) atoms. The molecule has 3 aromatic rings. The molecule has 1 aromatic heterocycles. The summed E-state index contributed by atoms with van der Waals surface area (Å²) in [5, 5.41) is 17.0. The minimum atomic E-state index is -0.949. The molecule has 0 fully saturated rings. The third-order valence-electron chi connectivity index (χ3n) is 4.34. The number of para-hydroxylation sites is 1. The molecule has 150 valence electrons. The normalized spacial score (nSPS) is 10.5. The molecule has 7 heteroatoms. The van der Waals surface area contributed by atoms with E-state index in [2.05, 4.69) is 40.7 Å². The number of amides is 1. The predicted molar refractivity (Wildman–Crippen MR) is 116 cm³/mol. The molecule has 0 atom stereocenters. The van der Waals surface area contributed by atoms with E-state index in [1.165, 1.54) is 16.9 Å². The Morgan fingerprint density at radius 2 is 1.86 bits per heavy atom. The van der Waals surface area contributed by atoms with Crippen molar-refractivity contribution in [2.75, 3.05) is 10.6 Å². The highest BCUT2D eigenvalue weighted by molar-refractivity contribution is 7.14. The van der Waals surface area contributed by atoms with Gasteiger partial charge in [-0.25, -0.2) is 4.98 Å². The van der Waals surface area contributed by atoms with Crippen molar-refractivity contribution in [1.29, 1.82) is 0 Å². The first-order chi connectivity index (χ1) is 14.0. The number of carboxylic acid groups (broad SMARTS) is 1. The highest BCUT2D eigenvalue weighted by atomic mass is 32.1. The number of rotatable bonds is 9. The molecule has 1 amide bonds. The van der Waals surface area contributed by atoms with Crippen molar-refractivity contribution in [3.8, 4) is 0 Å². The van der Waals surface area contributed by atoms with Gasteiger partial charge in [0, 0.05) is 23.2 Å². The number of thiazole rings is 1. The van der Waals surface area contributed by atoms with Gasteiger partial charge >= 0.3 is 5.97 Å². The molecule has 6 nitrogen and oxygen atoms in total. The van der Waals surface area contributed by atoms with Gasteiger partial charge in [-0.3, -0.25) is 14.9 Å². The number of benzene rings is 2. The van der Waals surface area contributed by atoms with Crippen molar-refractivity contribution in [2.24, 2.45) is 0 Å². The maximum Gasteiger partial charge on any atom is 0.309 e. The number of carboxylic acids is 1. The molecule has 0 aliphatic rings. The van der Waals surface area contributed by atoms with Crippen LogP contribution in [0.15, 0.2) is 53.9 Å². The van der Waals surface area contributed by atoms with E-state index in [4.69, 9.17) is 5.11 Å². The summed E-state index contributed by atoms with van der Waals surface area (Å²) >= 11 is 1.21. The Morgan fingerprint density at radius 1 is 1.10 bits per heavy atom. The second kappa shape index (κ2) is 9.84. The summed E-state index contributed by atoms with van der Waals surface area (Å²) in [5.41, 5.74) is 4.47. The minimum Gasteiger partial charge on any atom is -0.481 e. The quantitative estimate of drug-likeness (QED) is 0.481. The number of hydrogen-bond acceptors (Lipinski definition) is 5. The van der Waals surface area contributed by atoms with E-state index in [0.29, 0.717) is 22.9 Å². The van der Waals surface area contributed by atoms with E-state index in [-0.39, 0.29) is 12.3 Å². The standard InChI is InChI=1S/C22H23N3O3S/c1-2-5-16-6-3-4-7-19(16)23-13-15-8-10-17(11-9-15)21(28)25-22-24-18(14-29-22)12-20(26)27/h3-4,6-11,14,23H,2,5,12-13H2,1H3,(H,26,27)(H,24,25,28). The average molecular weight is 410 g/mol. The molecule has 0 saturated carbocycles. The number of nitrogens with one attached hydrogen (secondary N) is 2. The molecule has 3 N–H and O–H groups in total. The fourth-order valence-electron chi connectivity index (χ4n) is 2.92. The van der Waals surface area contributed by atoms with Crippen molar-refractivity contribution in [2.45, 2.75) is 32.7 Å². The van der Waals surface area contributed by atoms with Crippen LogP contribution in [0.3, 0.4) is 0 Å². The molecule has 0 aliphatic heterocycles. The number of aryl methyl sites for hydroxylation is 1. The van der Waals surface area contributed by atoms with Crippen LogP contribution in [-0.4, -0.2) is 22.0 Å². The van der Waals surface area contributed by atoms with Crippen molar-refractivity contribution in [3.63, 3.8) is 0 Å². The zero-order valence-electron chi connectivity index (χ0n) is 16.1. The second-order valence-corrected chi connectivity index (χ2v) is 7.48. The van der Waals surface area contributed by atoms with Crippen molar-refractivity contribution in [1.82, 2.24) is 4.98 Å². The monoisotopic (exact) mass is 409 g/mol. The van der Waals surface area contributed by atoms with Gasteiger partial charge in [-0.1, -0.05) is 43.7 Å². The van der Waals surface area contributed by atoms with Crippen molar-refractivity contribution < 1.29 is 14.7 Å². The maximum atomic E-state index is 12.4. The lowest BCUT2D eigenvalue weighted by Gasteiger charge is -2.12. The summed E-state index contributed by atoms with van der Waals surface area (Å²) in [4.78, 5) is 27.2. The zero-order chi connectivity index (χ0) is 20.6. The zero-order valence-corrected chi connectivity index (χ0v) is 17.0. The van der Waals surface area contributed by atoms with E-state index in [0.717, 1.165) is 24.1 Å². The van der Waals surface area contributed by atoms with Gasteiger partial charge < -0.3 is 10.4 Å². The molecule has 0 unspecified atom stereocenters. The largest absolute Gasteiger partial charge is 0.481 e. The Morgan fingerprint density at radius 3 is 2.59 bits per heavy atom. The van der Waals surface area contributed by atoms with Gasteiger partial charge in [0.15, 0.2) is 5.13 Å². The van der Waals surface area contributed by atoms with Crippen LogP contribution in [0.25, 0.3) is 0 Å². The van der Waals surface area contributed by atoms with Gasteiger partial charge in [0.25, 0.3) is 5.91 Å². The number of hydrogen-bond donors (Lipinski definition) is 3. The number of aromatic nitrogens is 1. The molecule has 0 saturated heterocycles. The lowest BCUT2D eigenvalue weighted by Crippen LogP contribution is -2.12. The summed E-state index contributed by atoms with van der Waals surface area (Å²) in [7, 11) is 0. The number of anilines is 2. The van der Waals surface area contributed by atoms with Crippen LogP contribution >= 0.6 is 11.3 Å². The summed E-state index contributed by atoms with van der Waals surface area (Å²) in [5.74, 6) is -1.22. The molecule has 0 radical (unpaired) electrons. The Kier molecular flexibility index (Phi) is 6.97. The number of nitrogens with zero attached hydrogens (tertiary/aromatic N) is 1. The van der Waals surface area contributed by atoms with Crippen LogP contribution in [0.5, 0.6) is 0 Å². The molecule has 3 rings (SSSR count). The first kappa shape index (κ1) is 20.5. The topological polar surface area (TPSA) is 91.3 Å². The number of aliphatic carboxylic acids is 1. The number of carbonyl (C=O) groups is 2. The van der Waals surface area contributed by atoms with Gasteiger partial charge in [0.1, 0.15) is 0 Å². The van der Waals surface area contributed by atoms with Gasteiger partial charge in [0.2, 0.25) is 0 Å². The number of carbonyl (C=O) groups excluding carboxylic acids is 1. The van der Waals surface area contributed by atoms with Gasteiger partial charge in [-0.2, -0.15) is 0 Å². The predicted octanol–water partition coefficient (Wildman–Crippen LogP) is 4.59. The maximum absolute atomic E-state index is 12.4. The van der Waals surface area contributed by atoms with E-state index >= 15 is 0 Å². The molecule has 0 bridgehead atoms. The molecule has 0 aliphatic carbocycles. The van der Waals surface area contributed by atoms with E-state index in [1.54, 1.807) is 17.5 Å². The fourth-order valence-corrected chi connectivity index (χ4v) is 3.63. The van der Waals surface area contributed by atoms with Crippen LogP contribution in [0.2, 0.25) is 0 Å². The first-order valence-electron chi connectivity index (χ1n) is 9.43. The second-order valence-electron chi connectivity index (χ2n) is 6.63. The third kappa shape index (κ3) is 5.89. The van der Waals surface area contributed by atoms with Crippen LogP contribution in [0, 0.1) is 0 Å². The Bertz CT molecular complexity index is 983. The first-order valence-corrected chi connectivity index (χ1v) is 10.3. The van der Waals surface area contributed by atoms with Crippen LogP contribution in [0.1, 0.15) is 40.5 Å². The third-order valence-corrected chi connectivity index (χ3v) is 5.15. The van der Waals surface area contributed by atoms with Crippen molar-refractivity contribution in [3.05, 3.63) is 76.3 Å². The Labute approximate surface area is 173 Å². The summed E-state index contributed by atoms with van der Waals surface area (Å²) < 4.78 is 0. The van der Waals surface area contributed by atoms with Gasteiger partial charge in [-0.15, -0.1) is 11.3 Å². The molecule has 0 spiro atoms. The van der Waals surface area contributed by atoms with E-state index in [1.807, 2.05) is 18.2 Å². The summed E-state index contributed by atoms with van der Waals surface area (Å²) in [6, 6.07) is 15.7. The average Bonchev–Trinajstić information content (AvgIpc) is 3.14. The van der Waals surface area contributed by atoms with E-state index in [9.17, 15) is 9.59 Å². The van der Waals surface area contributed by atoms with Crippen molar-refractivity contribution >= 4 is 34.0 Å². The lowest BCUT2D eigenvalue weighted by atomic mass is 10.1. The Hall–Kier alpha value is -3.19. The molecular formula is C22H23N3O3S. The molecule has 1 heterocycles. The van der Waals surface area contributed by atoms with Crippen LogP contribution in [0.4, 0.5) is 10.8 Å². The van der Waals surface area contributed by atoms with E-state index < -0.39 is 5.97 Å². The van der Waals surface area contributed by atoms with Crippen LogP contribution < -0.4 is 10.6 Å². The lowest BCUT2D eigenvalue weighted by molar-refractivity contribution is -0.136. The summed E-state index contributed by atoms with van der Waals surface area (Å²) in [6.07, 6.45) is 1.97. The van der Waals surface area contributed by atoms with Gasteiger partial charge in [0.05, 0.1) is 12.1 Å². The van der Waals surface area contributed by atoms with Gasteiger partial charge in [-0.05, 0) is 35.7 Å². The minimum absolute atomic E-state index is 0.157. The molecular weight excluding hydrogens is 386 g/mol. The molecule has 2 aromatic carbocycles. The highest BCUT2D eigenvalue weighted by Gasteiger charge is 2.11. The Balaban J connectivity index is 1.57. The highest BCUT2D eigenvalue weighted by Crippen LogP contribution is 2.19. The smallest absolute Gasteiger partial charge is 0.309 e. The summed E-state index contributed by atoms with van der Waals surface area (Å²) in [6.45, 7) is 2.84. The SMILES string of the molecule is CCCc1ccccc1NCc1ccc(C(=O)Nc2nc(CC(=O)O)cs2)cc1.